The van der Waals surface area contributed by atoms with Crippen molar-refractivity contribution in [3.05, 3.63) is 62.8 Å². The molecule has 0 aliphatic rings. The van der Waals surface area contributed by atoms with Crippen LogP contribution in [0.1, 0.15) is 18.1 Å². The molecule has 0 aromatic heterocycles. The van der Waals surface area contributed by atoms with Crippen molar-refractivity contribution in [2.75, 3.05) is 0 Å². The van der Waals surface area contributed by atoms with E-state index >= 15 is 0 Å². The molecule has 1 unspecified atom stereocenters. The zero-order valence-corrected chi connectivity index (χ0v) is 13.9. The van der Waals surface area contributed by atoms with Gasteiger partial charge in [0, 0.05) is 6.04 Å². The first-order chi connectivity index (χ1) is 9.95. The minimum atomic E-state index is -0.294. The van der Waals surface area contributed by atoms with Crippen LogP contribution >= 0.6 is 27.5 Å². The lowest BCUT2D eigenvalue weighted by atomic mass is 10.1. The van der Waals surface area contributed by atoms with Crippen molar-refractivity contribution in [2.24, 2.45) is 5.73 Å². The molecule has 0 heterocycles. The molecule has 0 fully saturated rings. The fraction of sp³-hybridized carbons (Fsp3) is 0.250. The molecule has 0 radical (unpaired) electrons. The SMILES string of the molecule is CC(N)Cc1ccc(OCc2ccc(F)c(Br)c2)c(Cl)c1. The number of rotatable bonds is 5. The lowest BCUT2D eigenvalue weighted by Gasteiger charge is -2.11. The molecule has 0 aliphatic heterocycles. The van der Waals surface area contributed by atoms with Gasteiger partial charge in [-0.25, -0.2) is 4.39 Å². The molecule has 0 bridgehead atoms. The van der Waals surface area contributed by atoms with Crippen molar-refractivity contribution in [1.29, 1.82) is 0 Å². The maximum absolute atomic E-state index is 13.2. The summed E-state index contributed by atoms with van der Waals surface area (Å²) in [6.45, 7) is 2.27. The van der Waals surface area contributed by atoms with Gasteiger partial charge in [-0.15, -0.1) is 0 Å². The molecule has 1 atom stereocenters. The van der Waals surface area contributed by atoms with Crippen molar-refractivity contribution >= 4 is 27.5 Å². The maximum Gasteiger partial charge on any atom is 0.138 e. The van der Waals surface area contributed by atoms with Gasteiger partial charge in [0.05, 0.1) is 9.50 Å². The summed E-state index contributed by atoms with van der Waals surface area (Å²) in [7, 11) is 0. The summed E-state index contributed by atoms with van der Waals surface area (Å²) in [5.74, 6) is 0.308. The minimum Gasteiger partial charge on any atom is -0.487 e. The summed E-state index contributed by atoms with van der Waals surface area (Å²) in [5.41, 5.74) is 7.70. The Morgan fingerprint density at radius 1 is 1.24 bits per heavy atom. The average Bonchev–Trinajstić information content (AvgIpc) is 2.41. The van der Waals surface area contributed by atoms with Crippen LogP contribution < -0.4 is 10.5 Å². The van der Waals surface area contributed by atoms with Gasteiger partial charge in [-0.05, 0) is 64.7 Å². The molecule has 2 rings (SSSR count). The first-order valence-electron chi connectivity index (χ1n) is 6.56. The Bertz CT molecular complexity index is 634. The number of hydrogen-bond acceptors (Lipinski definition) is 2. The molecule has 21 heavy (non-hydrogen) atoms. The second-order valence-electron chi connectivity index (χ2n) is 4.98. The third-order valence-electron chi connectivity index (χ3n) is 2.93. The van der Waals surface area contributed by atoms with E-state index in [1.165, 1.54) is 6.07 Å². The van der Waals surface area contributed by atoms with Gasteiger partial charge in [0.1, 0.15) is 18.2 Å². The van der Waals surface area contributed by atoms with Crippen LogP contribution in [0.25, 0.3) is 0 Å². The highest BCUT2D eigenvalue weighted by Gasteiger charge is 2.06. The highest BCUT2D eigenvalue weighted by atomic mass is 79.9. The average molecular weight is 373 g/mol. The highest BCUT2D eigenvalue weighted by Crippen LogP contribution is 2.27. The number of ether oxygens (including phenoxy) is 1. The Balaban J connectivity index is 2.04. The van der Waals surface area contributed by atoms with Crippen molar-refractivity contribution < 1.29 is 9.13 Å². The van der Waals surface area contributed by atoms with E-state index in [9.17, 15) is 4.39 Å². The van der Waals surface area contributed by atoms with E-state index in [0.29, 0.717) is 21.9 Å². The van der Waals surface area contributed by atoms with Crippen LogP contribution in [-0.4, -0.2) is 6.04 Å². The molecule has 5 heteroatoms. The Morgan fingerprint density at radius 2 is 1.95 bits per heavy atom. The smallest absolute Gasteiger partial charge is 0.138 e. The van der Waals surface area contributed by atoms with Crippen LogP contribution in [-0.2, 0) is 13.0 Å². The number of halogens is 3. The Labute approximate surface area is 137 Å². The second-order valence-corrected chi connectivity index (χ2v) is 6.24. The van der Waals surface area contributed by atoms with Gasteiger partial charge in [0.15, 0.2) is 0 Å². The van der Waals surface area contributed by atoms with E-state index in [2.05, 4.69) is 15.9 Å². The molecule has 0 saturated carbocycles. The summed E-state index contributed by atoms with van der Waals surface area (Å²) in [4.78, 5) is 0. The van der Waals surface area contributed by atoms with Crippen LogP contribution in [0.4, 0.5) is 4.39 Å². The normalized spacial score (nSPS) is 12.2. The zero-order chi connectivity index (χ0) is 15.4. The van der Waals surface area contributed by atoms with Crippen molar-refractivity contribution in [3.8, 4) is 5.75 Å². The molecular formula is C16H16BrClFNO. The molecule has 2 aromatic rings. The molecule has 0 aliphatic carbocycles. The molecule has 0 amide bonds. The fourth-order valence-corrected chi connectivity index (χ4v) is 2.63. The Morgan fingerprint density at radius 3 is 2.57 bits per heavy atom. The van der Waals surface area contributed by atoms with Crippen molar-refractivity contribution in [3.63, 3.8) is 0 Å². The largest absolute Gasteiger partial charge is 0.487 e. The molecule has 112 valence electrons. The van der Waals surface area contributed by atoms with Gasteiger partial charge in [0.25, 0.3) is 0 Å². The summed E-state index contributed by atoms with van der Waals surface area (Å²) >= 11 is 9.35. The van der Waals surface area contributed by atoms with Gasteiger partial charge in [-0.2, -0.15) is 0 Å². The van der Waals surface area contributed by atoms with E-state index < -0.39 is 0 Å². The van der Waals surface area contributed by atoms with E-state index in [0.717, 1.165) is 17.5 Å². The summed E-state index contributed by atoms with van der Waals surface area (Å²) in [6.07, 6.45) is 0.769. The molecule has 2 aromatic carbocycles. The number of benzene rings is 2. The van der Waals surface area contributed by atoms with Crippen LogP contribution in [0.2, 0.25) is 5.02 Å². The first kappa shape index (κ1) is 16.3. The zero-order valence-electron chi connectivity index (χ0n) is 11.6. The van der Waals surface area contributed by atoms with Gasteiger partial charge in [-0.3, -0.25) is 0 Å². The summed E-state index contributed by atoms with van der Waals surface area (Å²) < 4.78 is 19.2. The summed E-state index contributed by atoms with van der Waals surface area (Å²) in [6, 6.07) is 10.5. The quantitative estimate of drug-likeness (QED) is 0.825. The lowest BCUT2D eigenvalue weighted by molar-refractivity contribution is 0.306. The van der Waals surface area contributed by atoms with Crippen molar-refractivity contribution in [1.82, 2.24) is 0 Å². The van der Waals surface area contributed by atoms with E-state index in [-0.39, 0.29) is 11.9 Å². The molecular weight excluding hydrogens is 357 g/mol. The molecule has 0 saturated heterocycles. The number of hydrogen-bond donors (Lipinski definition) is 1. The summed E-state index contributed by atoms with van der Waals surface area (Å²) in [5, 5.41) is 0.550. The van der Waals surface area contributed by atoms with Crippen LogP contribution in [0, 0.1) is 5.82 Å². The topological polar surface area (TPSA) is 35.2 Å². The molecule has 2 nitrogen and oxygen atoms in total. The first-order valence-corrected chi connectivity index (χ1v) is 7.73. The van der Waals surface area contributed by atoms with Crippen LogP contribution in [0.5, 0.6) is 5.75 Å². The molecule has 0 spiro atoms. The third kappa shape index (κ3) is 4.70. The van der Waals surface area contributed by atoms with Gasteiger partial charge < -0.3 is 10.5 Å². The predicted octanol–water partition coefficient (Wildman–Crippen LogP) is 4.71. The Hall–Kier alpha value is -1.10. The van der Waals surface area contributed by atoms with Gasteiger partial charge in [-0.1, -0.05) is 23.7 Å². The monoisotopic (exact) mass is 371 g/mol. The van der Waals surface area contributed by atoms with Gasteiger partial charge >= 0.3 is 0 Å². The fourth-order valence-electron chi connectivity index (χ4n) is 1.95. The highest BCUT2D eigenvalue weighted by molar-refractivity contribution is 9.10. The van der Waals surface area contributed by atoms with Crippen LogP contribution in [0.15, 0.2) is 40.9 Å². The van der Waals surface area contributed by atoms with Crippen molar-refractivity contribution in [2.45, 2.75) is 26.0 Å². The lowest BCUT2D eigenvalue weighted by Crippen LogP contribution is -2.17. The maximum atomic E-state index is 13.2. The Kier molecular flexibility index (Phi) is 5.62. The van der Waals surface area contributed by atoms with E-state index in [1.54, 1.807) is 12.1 Å². The number of nitrogens with two attached hydrogens (primary N) is 1. The predicted molar refractivity (Wildman–Crippen MR) is 87.2 cm³/mol. The van der Waals surface area contributed by atoms with E-state index in [4.69, 9.17) is 22.1 Å². The van der Waals surface area contributed by atoms with Crippen LogP contribution in [0.3, 0.4) is 0 Å². The minimum absolute atomic E-state index is 0.0874. The second kappa shape index (κ2) is 7.25. The third-order valence-corrected chi connectivity index (χ3v) is 3.84. The molecule has 2 N–H and O–H groups in total. The van der Waals surface area contributed by atoms with E-state index in [1.807, 2.05) is 25.1 Å². The standard InChI is InChI=1S/C16H16BrClFNO/c1-10(20)6-11-3-5-16(14(18)8-11)21-9-12-2-4-15(19)13(17)7-12/h2-5,7-8,10H,6,9,20H2,1H3. The van der Waals surface area contributed by atoms with Gasteiger partial charge in [0.2, 0.25) is 0 Å².